The molecule has 0 aromatic heterocycles. The van der Waals surface area contributed by atoms with Gasteiger partial charge in [-0.3, -0.25) is 4.79 Å². The Bertz CT molecular complexity index is 458. The molecule has 1 aromatic rings. The lowest BCUT2D eigenvalue weighted by atomic mass is 10.1. The fourth-order valence-corrected chi connectivity index (χ4v) is 2.18. The molecule has 1 fully saturated rings. The van der Waals surface area contributed by atoms with Crippen LogP contribution in [-0.4, -0.2) is 18.5 Å². The molecule has 1 aliphatic rings. The van der Waals surface area contributed by atoms with Gasteiger partial charge in [0.15, 0.2) is 0 Å². The molecule has 1 unspecified atom stereocenters. The van der Waals surface area contributed by atoms with E-state index >= 15 is 0 Å². The van der Waals surface area contributed by atoms with Crippen molar-refractivity contribution in [2.24, 2.45) is 0 Å². The first-order chi connectivity index (χ1) is 8.78. The summed E-state index contributed by atoms with van der Waals surface area (Å²) in [6.07, 6.45) is 2.78. The standard InChI is InChI=1S/C14H17N3O/c15-9-11-3-1-4-12(7-11)10-17-14(18)8-13-5-2-6-16-13/h1,3-4,7,13,16H,2,5-6,8,10H2,(H,17,18). The van der Waals surface area contributed by atoms with E-state index in [0.29, 0.717) is 24.6 Å². The third-order valence-electron chi connectivity index (χ3n) is 3.14. The van der Waals surface area contributed by atoms with Crippen molar-refractivity contribution in [1.29, 1.82) is 5.26 Å². The summed E-state index contributed by atoms with van der Waals surface area (Å²) in [4.78, 5) is 11.7. The zero-order valence-corrected chi connectivity index (χ0v) is 10.3. The summed E-state index contributed by atoms with van der Waals surface area (Å²) in [5, 5.41) is 15.0. The van der Waals surface area contributed by atoms with Crippen LogP contribution in [0.4, 0.5) is 0 Å². The molecule has 1 aromatic carbocycles. The molecule has 2 rings (SSSR count). The fraction of sp³-hybridized carbons (Fsp3) is 0.429. The number of carbonyl (C=O) groups is 1. The molecule has 1 heterocycles. The van der Waals surface area contributed by atoms with E-state index in [1.165, 1.54) is 0 Å². The molecule has 0 spiro atoms. The summed E-state index contributed by atoms with van der Waals surface area (Å²) < 4.78 is 0. The zero-order valence-electron chi connectivity index (χ0n) is 10.3. The van der Waals surface area contributed by atoms with Gasteiger partial charge >= 0.3 is 0 Å². The average molecular weight is 243 g/mol. The van der Waals surface area contributed by atoms with E-state index in [2.05, 4.69) is 16.7 Å². The van der Waals surface area contributed by atoms with E-state index in [1.54, 1.807) is 12.1 Å². The van der Waals surface area contributed by atoms with E-state index in [-0.39, 0.29) is 5.91 Å². The Balaban J connectivity index is 1.79. The summed E-state index contributed by atoms with van der Waals surface area (Å²) in [5.74, 6) is 0.0664. The second-order valence-electron chi connectivity index (χ2n) is 4.59. The lowest BCUT2D eigenvalue weighted by molar-refractivity contribution is -0.121. The Morgan fingerprint density at radius 1 is 1.56 bits per heavy atom. The second kappa shape index (κ2) is 6.18. The van der Waals surface area contributed by atoms with Crippen LogP contribution in [0.25, 0.3) is 0 Å². The number of nitrogens with one attached hydrogen (secondary N) is 2. The van der Waals surface area contributed by atoms with Crippen molar-refractivity contribution >= 4 is 5.91 Å². The first kappa shape index (κ1) is 12.6. The Kier molecular flexibility index (Phi) is 4.32. The van der Waals surface area contributed by atoms with Gasteiger partial charge in [0, 0.05) is 19.0 Å². The average Bonchev–Trinajstić information content (AvgIpc) is 2.89. The van der Waals surface area contributed by atoms with Gasteiger partial charge in [0.25, 0.3) is 0 Å². The smallest absolute Gasteiger partial charge is 0.221 e. The quantitative estimate of drug-likeness (QED) is 0.838. The molecule has 0 radical (unpaired) electrons. The van der Waals surface area contributed by atoms with Crippen LogP contribution < -0.4 is 10.6 Å². The summed E-state index contributed by atoms with van der Waals surface area (Å²) in [5.41, 5.74) is 1.58. The predicted molar refractivity (Wildman–Crippen MR) is 68.6 cm³/mol. The van der Waals surface area contributed by atoms with Gasteiger partial charge in [-0.25, -0.2) is 0 Å². The molecular weight excluding hydrogens is 226 g/mol. The number of hydrogen-bond acceptors (Lipinski definition) is 3. The summed E-state index contributed by atoms with van der Waals surface area (Å²) in [6, 6.07) is 9.72. The van der Waals surface area contributed by atoms with Gasteiger partial charge in [0.05, 0.1) is 11.6 Å². The monoisotopic (exact) mass is 243 g/mol. The molecular formula is C14H17N3O. The summed E-state index contributed by atoms with van der Waals surface area (Å²) in [7, 11) is 0. The largest absolute Gasteiger partial charge is 0.352 e. The van der Waals surface area contributed by atoms with Crippen LogP contribution in [0.5, 0.6) is 0 Å². The molecule has 94 valence electrons. The molecule has 1 aliphatic heterocycles. The molecule has 18 heavy (non-hydrogen) atoms. The van der Waals surface area contributed by atoms with Gasteiger partial charge in [-0.1, -0.05) is 12.1 Å². The highest BCUT2D eigenvalue weighted by Crippen LogP contribution is 2.09. The van der Waals surface area contributed by atoms with Gasteiger partial charge in [-0.05, 0) is 37.1 Å². The van der Waals surface area contributed by atoms with Gasteiger partial charge in [0.1, 0.15) is 0 Å². The summed E-state index contributed by atoms with van der Waals surface area (Å²) >= 11 is 0. The molecule has 4 nitrogen and oxygen atoms in total. The number of rotatable bonds is 4. The van der Waals surface area contributed by atoms with Crippen molar-refractivity contribution in [2.75, 3.05) is 6.54 Å². The molecule has 1 amide bonds. The third kappa shape index (κ3) is 3.57. The molecule has 2 N–H and O–H groups in total. The minimum atomic E-state index is 0.0664. The number of carbonyl (C=O) groups excluding carboxylic acids is 1. The lowest BCUT2D eigenvalue weighted by Crippen LogP contribution is -2.31. The fourth-order valence-electron chi connectivity index (χ4n) is 2.18. The van der Waals surface area contributed by atoms with Crippen molar-refractivity contribution in [1.82, 2.24) is 10.6 Å². The zero-order chi connectivity index (χ0) is 12.8. The van der Waals surface area contributed by atoms with Crippen LogP contribution in [0.2, 0.25) is 0 Å². The topological polar surface area (TPSA) is 64.9 Å². The maximum absolute atomic E-state index is 11.7. The third-order valence-corrected chi connectivity index (χ3v) is 3.14. The highest BCUT2D eigenvalue weighted by molar-refractivity contribution is 5.76. The molecule has 0 saturated carbocycles. The minimum absolute atomic E-state index is 0.0664. The summed E-state index contributed by atoms with van der Waals surface area (Å²) in [6.45, 7) is 1.50. The first-order valence-electron chi connectivity index (χ1n) is 6.27. The number of benzene rings is 1. The van der Waals surface area contributed by atoms with Crippen LogP contribution in [0.1, 0.15) is 30.4 Å². The van der Waals surface area contributed by atoms with Crippen LogP contribution in [0, 0.1) is 11.3 Å². The normalized spacial score (nSPS) is 18.3. The van der Waals surface area contributed by atoms with Crippen LogP contribution >= 0.6 is 0 Å². The predicted octanol–water partition coefficient (Wildman–Crippen LogP) is 1.32. The van der Waals surface area contributed by atoms with Crippen LogP contribution in [0.15, 0.2) is 24.3 Å². The van der Waals surface area contributed by atoms with E-state index in [1.807, 2.05) is 12.1 Å². The molecule has 0 aliphatic carbocycles. The van der Waals surface area contributed by atoms with Crippen LogP contribution in [0.3, 0.4) is 0 Å². The van der Waals surface area contributed by atoms with E-state index in [9.17, 15) is 4.79 Å². The number of hydrogen-bond donors (Lipinski definition) is 2. The van der Waals surface area contributed by atoms with Gasteiger partial charge < -0.3 is 10.6 Å². The van der Waals surface area contributed by atoms with E-state index < -0.39 is 0 Å². The Hall–Kier alpha value is -1.86. The Labute approximate surface area is 107 Å². The van der Waals surface area contributed by atoms with Gasteiger partial charge in [-0.15, -0.1) is 0 Å². The maximum atomic E-state index is 11.7. The van der Waals surface area contributed by atoms with Crippen molar-refractivity contribution < 1.29 is 4.79 Å². The number of nitriles is 1. The SMILES string of the molecule is N#Cc1cccc(CNC(=O)CC2CCCN2)c1. The Morgan fingerprint density at radius 2 is 2.44 bits per heavy atom. The Morgan fingerprint density at radius 3 is 3.17 bits per heavy atom. The van der Waals surface area contributed by atoms with Gasteiger partial charge in [0.2, 0.25) is 5.91 Å². The van der Waals surface area contributed by atoms with Crippen molar-refractivity contribution in [2.45, 2.75) is 31.8 Å². The molecule has 1 saturated heterocycles. The molecule has 0 bridgehead atoms. The number of amides is 1. The van der Waals surface area contributed by atoms with E-state index in [0.717, 1.165) is 24.9 Å². The minimum Gasteiger partial charge on any atom is -0.352 e. The first-order valence-corrected chi connectivity index (χ1v) is 6.27. The van der Waals surface area contributed by atoms with Crippen LogP contribution in [-0.2, 0) is 11.3 Å². The second-order valence-corrected chi connectivity index (χ2v) is 4.59. The number of nitrogens with zero attached hydrogens (tertiary/aromatic N) is 1. The van der Waals surface area contributed by atoms with Crippen molar-refractivity contribution in [3.63, 3.8) is 0 Å². The van der Waals surface area contributed by atoms with Gasteiger partial charge in [-0.2, -0.15) is 5.26 Å². The molecule has 1 atom stereocenters. The maximum Gasteiger partial charge on any atom is 0.221 e. The highest BCUT2D eigenvalue weighted by Gasteiger charge is 2.17. The van der Waals surface area contributed by atoms with Crippen molar-refractivity contribution in [3.8, 4) is 6.07 Å². The van der Waals surface area contributed by atoms with E-state index in [4.69, 9.17) is 5.26 Å². The highest BCUT2D eigenvalue weighted by atomic mass is 16.1. The lowest BCUT2D eigenvalue weighted by Gasteiger charge is -2.10. The molecule has 4 heteroatoms. The van der Waals surface area contributed by atoms with Crippen molar-refractivity contribution in [3.05, 3.63) is 35.4 Å².